The number of hydrogen-bond donors (Lipinski definition) is 1. The maximum Gasteiger partial charge on any atom is 0.240 e. The first-order valence-electron chi connectivity index (χ1n) is 5.53. The quantitative estimate of drug-likeness (QED) is 0.878. The fourth-order valence-electron chi connectivity index (χ4n) is 1.20. The second-order valence-electron chi connectivity index (χ2n) is 4.33. The summed E-state index contributed by atoms with van der Waals surface area (Å²) in [5, 5.41) is 0. The van der Waals surface area contributed by atoms with Gasteiger partial charge in [0.2, 0.25) is 10.0 Å². The summed E-state index contributed by atoms with van der Waals surface area (Å²) >= 11 is 0. The second-order valence-corrected chi connectivity index (χ2v) is 6.04. The molecule has 0 aromatic heterocycles. The largest absolute Gasteiger partial charge is 0.497 e. The van der Waals surface area contributed by atoms with E-state index in [1.807, 2.05) is 20.8 Å². The van der Waals surface area contributed by atoms with Gasteiger partial charge in [0, 0.05) is 6.04 Å². The first-order valence-corrected chi connectivity index (χ1v) is 7.01. The maximum absolute atomic E-state index is 12.0. The van der Waals surface area contributed by atoms with E-state index < -0.39 is 10.0 Å². The number of methoxy groups -OCH3 is 1. The zero-order valence-corrected chi connectivity index (χ0v) is 11.4. The average Bonchev–Trinajstić information content (AvgIpc) is 2.28. The molecule has 0 amide bonds. The Morgan fingerprint density at radius 2 is 1.65 bits per heavy atom. The van der Waals surface area contributed by atoms with Crippen molar-refractivity contribution in [2.45, 2.75) is 31.7 Å². The molecule has 0 saturated carbocycles. The molecule has 1 aromatic carbocycles. The van der Waals surface area contributed by atoms with Crippen molar-refractivity contribution < 1.29 is 13.2 Å². The highest BCUT2D eigenvalue weighted by molar-refractivity contribution is 7.89. The molecule has 0 heterocycles. The van der Waals surface area contributed by atoms with E-state index >= 15 is 0 Å². The number of sulfonamides is 1. The minimum atomic E-state index is -3.44. The van der Waals surface area contributed by atoms with Crippen molar-refractivity contribution >= 4 is 10.0 Å². The Kier molecular flexibility index (Phi) is 4.54. The molecule has 17 heavy (non-hydrogen) atoms. The predicted molar refractivity (Wildman–Crippen MR) is 67.6 cm³/mol. The molecule has 1 rings (SSSR count). The number of nitrogens with one attached hydrogen (secondary N) is 1. The van der Waals surface area contributed by atoms with Crippen LogP contribution in [0.5, 0.6) is 5.75 Å². The summed E-state index contributed by atoms with van der Waals surface area (Å²) < 4.78 is 31.6. The van der Waals surface area contributed by atoms with Gasteiger partial charge in [-0.15, -0.1) is 0 Å². The van der Waals surface area contributed by atoms with Crippen LogP contribution in [0, 0.1) is 5.92 Å². The summed E-state index contributed by atoms with van der Waals surface area (Å²) in [6.07, 6.45) is 0. The Labute approximate surface area is 103 Å². The molecule has 96 valence electrons. The lowest BCUT2D eigenvalue weighted by molar-refractivity contribution is 0.414. The number of hydrogen-bond acceptors (Lipinski definition) is 3. The lowest BCUT2D eigenvalue weighted by atomic mass is 10.1. The zero-order valence-electron chi connectivity index (χ0n) is 10.6. The second kappa shape index (κ2) is 5.51. The van der Waals surface area contributed by atoms with Crippen molar-refractivity contribution in [3.8, 4) is 5.75 Å². The Morgan fingerprint density at radius 1 is 1.12 bits per heavy atom. The van der Waals surface area contributed by atoms with E-state index in [9.17, 15) is 8.42 Å². The fraction of sp³-hybridized carbons (Fsp3) is 0.500. The van der Waals surface area contributed by atoms with Crippen LogP contribution in [0.2, 0.25) is 0 Å². The molecule has 0 spiro atoms. The highest BCUT2D eigenvalue weighted by Crippen LogP contribution is 2.16. The van der Waals surface area contributed by atoms with Crippen LogP contribution < -0.4 is 9.46 Å². The average molecular weight is 257 g/mol. The Bertz CT molecular complexity index is 451. The minimum Gasteiger partial charge on any atom is -0.497 e. The first kappa shape index (κ1) is 14.0. The molecule has 0 radical (unpaired) electrons. The third-order valence-corrected chi connectivity index (χ3v) is 4.29. The third kappa shape index (κ3) is 3.71. The van der Waals surface area contributed by atoms with Gasteiger partial charge in [-0.25, -0.2) is 13.1 Å². The van der Waals surface area contributed by atoms with Gasteiger partial charge in [-0.1, -0.05) is 13.8 Å². The molecule has 0 saturated heterocycles. The van der Waals surface area contributed by atoms with Crippen LogP contribution in [-0.2, 0) is 10.0 Å². The van der Waals surface area contributed by atoms with E-state index in [1.54, 1.807) is 19.2 Å². The Balaban J connectivity index is 2.89. The Hall–Kier alpha value is -1.07. The van der Waals surface area contributed by atoms with Gasteiger partial charge in [0.1, 0.15) is 5.75 Å². The van der Waals surface area contributed by atoms with Crippen molar-refractivity contribution in [3.63, 3.8) is 0 Å². The fourth-order valence-corrected chi connectivity index (χ4v) is 2.60. The lowest BCUT2D eigenvalue weighted by Crippen LogP contribution is -2.36. The smallest absolute Gasteiger partial charge is 0.240 e. The van der Waals surface area contributed by atoms with Crippen LogP contribution in [0.15, 0.2) is 29.2 Å². The maximum atomic E-state index is 12.0. The molecule has 0 fully saturated rings. The molecule has 0 aliphatic rings. The van der Waals surface area contributed by atoms with Gasteiger partial charge in [-0.05, 0) is 37.1 Å². The van der Waals surface area contributed by atoms with E-state index in [-0.39, 0.29) is 16.9 Å². The SMILES string of the molecule is COc1ccc(S(=O)(=O)N[C@H](C)C(C)C)cc1. The van der Waals surface area contributed by atoms with Crippen molar-refractivity contribution in [1.29, 1.82) is 0 Å². The van der Waals surface area contributed by atoms with Crippen molar-refractivity contribution in [3.05, 3.63) is 24.3 Å². The summed E-state index contributed by atoms with van der Waals surface area (Å²) in [5.74, 6) is 0.892. The number of rotatable bonds is 5. The van der Waals surface area contributed by atoms with Gasteiger partial charge < -0.3 is 4.74 Å². The molecule has 5 heteroatoms. The molecular weight excluding hydrogens is 238 g/mol. The third-order valence-electron chi connectivity index (χ3n) is 2.71. The van der Waals surface area contributed by atoms with E-state index in [1.165, 1.54) is 12.1 Å². The summed E-state index contributed by atoms with van der Waals surface area (Å²) in [7, 11) is -1.89. The molecular formula is C12H19NO3S. The predicted octanol–water partition coefficient (Wildman–Crippen LogP) is 2.02. The van der Waals surface area contributed by atoms with E-state index in [0.29, 0.717) is 5.75 Å². The zero-order chi connectivity index (χ0) is 13.1. The molecule has 1 N–H and O–H groups in total. The van der Waals surface area contributed by atoms with Gasteiger partial charge >= 0.3 is 0 Å². The first-order chi connectivity index (χ1) is 7.86. The van der Waals surface area contributed by atoms with Gasteiger partial charge in [0.25, 0.3) is 0 Å². The molecule has 1 atom stereocenters. The molecule has 0 aliphatic heterocycles. The van der Waals surface area contributed by atoms with E-state index in [0.717, 1.165) is 0 Å². The normalized spacial score (nSPS) is 13.7. The molecule has 0 unspecified atom stereocenters. The highest BCUT2D eigenvalue weighted by Gasteiger charge is 2.18. The van der Waals surface area contributed by atoms with Crippen LogP contribution >= 0.6 is 0 Å². The Morgan fingerprint density at radius 3 is 2.06 bits per heavy atom. The van der Waals surface area contributed by atoms with Crippen LogP contribution in [0.1, 0.15) is 20.8 Å². The van der Waals surface area contributed by atoms with Crippen molar-refractivity contribution in [1.82, 2.24) is 4.72 Å². The van der Waals surface area contributed by atoms with Crippen LogP contribution in [-0.4, -0.2) is 21.6 Å². The van der Waals surface area contributed by atoms with Gasteiger partial charge in [-0.2, -0.15) is 0 Å². The topological polar surface area (TPSA) is 55.4 Å². The standard InChI is InChI=1S/C12H19NO3S/c1-9(2)10(3)13-17(14,15)12-7-5-11(16-4)6-8-12/h5-10,13H,1-4H3/t10-/m1/s1. The summed E-state index contributed by atoms with van der Waals surface area (Å²) in [6.45, 7) is 5.80. The lowest BCUT2D eigenvalue weighted by Gasteiger charge is -2.17. The monoisotopic (exact) mass is 257 g/mol. The van der Waals surface area contributed by atoms with Gasteiger partial charge in [0.05, 0.1) is 12.0 Å². The van der Waals surface area contributed by atoms with Crippen molar-refractivity contribution in [2.75, 3.05) is 7.11 Å². The van der Waals surface area contributed by atoms with E-state index in [2.05, 4.69) is 4.72 Å². The highest BCUT2D eigenvalue weighted by atomic mass is 32.2. The summed E-state index contributed by atoms with van der Waals surface area (Å²) in [4.78, 5) is 0.255. The number of ether oxygens (including phenoxy) is 1. The summed E-state index contributed by atoms with van der Waals surface area (Å²) in [6, 6.07) is 6.24. The minimum absolute atomic E-state index is 0.0953. The van der Waals surface area contributed by atoms with Gasteiger partial charge in [0.15, 0.2) is 0 Å². The molecule has 1 aromatic rings. The van der Waals surface area contributed by atoms with Gasteiger partial charge in [-0.3, -0.25) is 0 Å². The van der Waals surface area contributed by atoms with Crippen LogP contribution in [0.3, 0.4) is 0 Å². The number of benzene rings is 1. The van der Waals surface area contributed by atoms with Crippen LogP contribution in [0.25, 0.3) is 0 Å². The van der Waals surface area contributed by atoms with Crippen molar-refractivity contribution in [2.24, 2.45) is 5.92 Å². The molecule has 0 bridgehead atoms. The molecule has 4 nitrogen and oxygen atoms in total. The summed E-state index contributed by atoms with van der Waals surface area (Å²) in [5.41, 5.74) is 0. The van der Waals surface area contributed by atoms with E-state index in [4.69, 9.17) is 4.74 Å². The molecule has 0 aliphatic carbocycles. The van der Waals surface area contributed by atoms with Crippen LogP contribution in [0.4, 0.5) is 0 Å².